The van der Waals surface area contributed by atoms with Crippen molar-refractivity contribution in [2.24, 2.45) is 0 Å². The van der Waals surface area contributed by atoms with Gasteiger partial charge in [0, 0.05) is 0 Å². The molecule has 1 aromatic rings. The van der Waals surface area contributed by atoms with Crippen LogP contribution in [0.25, 0.3) is 0 Å². The molecule has 1 aliphatic rings. The number of ether oxygens (including phenoxy) is 1. The summed E-state index contributed by atoms with van der Waals surface area (Å²) in [7, 11) is 1.57. The Morgan fingerprint density at radius 3 is 2.72 bits per heavy atom. The number of nitro groups is 1. The minimum Gasteiger partial charge on any atom is -0.495 e. The van der Waals surface area contributed by atoms with Crippen molar-refractivity contribution in [3.63, 3.8) is 0 Å². The summed E-state index contributed by atoms with van der Waals surface area (Å²) in [5, 5.41) is 14.0. The largest absolute Gasteiger partial charge is 0.495 e. The summed E-state index contributed by atoms with van der Waals surface area (Å²) in [4.78, 5) is 10.6. The van der Waals surface area contributed by atoms with Gasteiger partial charge in [-0.1, -0.05) is 18.2 Å². The molecule has 0 spiro atoms. The Balaban J connectivity index is 2.25. The molecule has 0 aromatic heterocycles. The molecule has 0 heterocycles. The first kappa shape index (κ1) is 12.2. The molecule has 0 saturated carbocycles. The third-order valence-electron chi connectivity index (χ3n) is 2.70. The highest BCUT2D eigenvalue weighted by atomic mass is 16.6. The van der Waals surface area contributed by atoms with E-state index in [4.69, 9.17) is 4.74 Å². The van der Waals surface area contributed by atoms with E-state index in [2.05, 4.69) is 5.32 Å². The second-order valence-electron chi connectivity index (χ2n) is 3.87. The standard InChI is InChI=1S/C13H14N2O3/c1-18-13-9-5-3-7-11(13)14-10-6-2-4-8-12(10)15(16)17/h3,5-9,14H,2,4H2,1H3. The maximum atomic E-state index is 10.9. The first-order valence-electron chi connectivity index (χ1n) is 5.67. The van der Waals surface area contributed by atoms with Crippen LogP contribution in [0.3, 0.4) is 0 Å². The summed E-state index contributed by atoms with van der Waals surface area (Å²) in [6.45, 7) is 0. The lowest BCUT2D eigenvalue weighted by Crippen LogP contribution is -2.12. The summed E-state index contributed by atoms with van der Waals surface area (Å²) in [6.07, 6.45) is 4.98. The lowest BCUT2D eigenvalue weighted by molar-refractivity contribution is -0.421. The van der Waals surface area contributed by atoms with Gasteiger partial charge in [0.15, 0.2) is 0 Å². The van der Waals surface area contributed by atoms with Crippen LogP contribution in [0.2, 0.25) is 0 Å². The van der Waals surface area contributed by atoms with Gasteiger partial charge in [0.2, 0.25) is 0 Å². The van der Waals surface area contributed by atoms with Gasteiger partial charge >= 0.3 is 0 Å². The van der Waals surface area contributed by atoms with Crippen LogP contribution in [0, 0.1) is 10.1 Å². The summed E-state index contributed by atoms with van der Waals surface area (Å²) in [6, 6.07) is 7.33. The number of nitrogens with zero attached hydrogens (tertiary/aromatic N) is 1. The molecule has 18 heavy (non-hydrogen) atoms. The van der Waals surface area contributed by atoms with Crippen molar-refractivity contribution in [1.82, 2.24) is 0 Å². The third-order valence-corrected chi connectivity index (χ3v) is 2.70. The topological polar surface area (TPSA) is 64.4 Å². The van der Waals surface area contributed by atoms with Gasteiger partial charge < -0.3 is 10.1 Å². The molecule has 94 valence electrons. The molecule has 0 radical (unpaired) electrons. The number of anilines is 1. The number of methoxy groups -OCH3 is 1. The smallest absolute Gasteiger partial charge is 0.288 e. The van der Waals surface area contributed by atoms with Crippen molar-refractivity contribution in [1.29, 1.82) is 0 Å². The van der Waals surface area contributed by atoms with E-state index in [9.17, 15) is 10.1 Å². The summed E-state index contributed by atoms with van der Waals surface area (Å²) in [5.41, 5.74) is 1.36. The first-order valence-corrected chi connectivity index (χ1v) is 5.67. The first-order chi connectivity index (χ1) is 8.72. The van der Waals surface area contributed by atoms with Gasteiger partial charge in [-0.2, -0.15) is 0 Å². The Labute approximate surface area is 105 Å². The average Bonchev–Trinajstić information content (AvgIpc) is 2.40. The number of hydrogen-bond donors (Lipinski definition) is 1. The molecule has 1 aliphatic carbocycles. The van der Waals surface area contributed by atoms with Crippen LogP contribution in [0.4, 0.5) is 5.69 Å². The molecular formula is C13H14N2O3. The molecule has 0 aliphatic heterocycles. The van der Waals surface area contributed by atoms with Gasteiger partial charge in [-0.25, -0.2) is 0 Å². The van der Waals surface area contributed by atoms with Crippen LogP contribution in [0.1, 0.15) is 12.8 Å². The monoisotopic (exact) mass is 246 g/mol. The fourth-order valence-corrected chi connectivity index (χ4v) is 1.84. The number of nitrogens with one attached hydrogen (secondary N) is 1. The van der Waals surface area contributed by atoms with Crippen LogP contribution in [0.5, 0.6) is 5.75 Å². The zero-order valence-corrected chi connectivity index (χ0v) is 10.1. The predicted octanol–water partition coefficient (Wildman–Crippen LogP) is 2.95. The van der Waals surface area contributed by atoms with Crippen LogP contribution in [0.15, 0.2) is 47.8 Å². The average molecular weight is 246 g/mol. The summed E-state index contributed by atoms with van der Waals surface area (Å²) < 4.78 is 5.20. The van der Waals surface area contributed by atoms with E-state index in [-0.39, 0.29) is 10.6 Å². The number of benzene rings is 1. The van der Waals surface area contributed by atoms with E-state index in [1.54, 1.807) is 19.3 Å². The molecule has 2 rings (SSSR count). The predicted molar refractivity (Wildman–Crippen MR) is 69.0 cm³/mol. The molecule has 1 aromatic carbocycles. The highest BCUT2D eigenvalue weighted by molar-refractivity contribution is 5.61. The van der Waals surface area contributed by atoms with Crippen molar-refractivity contribution in [2.75, 3.05) is 12.4 Å². The Bertz CT molecular complexity index is 521. The second kappa shape index (κ2) is 5.35. The Morgan fingerprint density at radius 1 is 1.28 bits per heavy atom. The number of hydrogen-bond acceptors (Lipinski definition) is 4. The molecule has 1 N–H and O–H groups in total. The number of allylic oxidation sites excluding steroid dienone is 2. The van der Waals surface area contributed by atoms with E-state index in [0.29, 0.717) is 17.9 Å². The van der Waals surface area contributed by atoms with Crippen molar-refractivity contribution < 1.29 is 9.66 Å². The zero-order chi connectivity index (χ0) is 13.0. The minimum absolute atomic E-state index is 0.118. The number of rotatable bonds is 4. The van der Waals surface area contributed by atoms with Gasteiger partial charge in [0.05, 0.1) is 17.7 Å². The van der Waals surface area contributed by atoms with Crippen molar-refractivity contribution in [3.8, 4) is 5.75 Å². The van der Waals surface area contributed by atoms with Crippen LogP contribution in [-0.2, 0) is 0 Å². The lowest BCUT2D eigenvalue weighted by atomic mass is 10.1. The van der Waals surface area contributed by atoms with Crippen molar-refractivity contribution in [3.05, 3.63) is 57.9 Å². The van der Waals surface area contributed by atoms with E-state index < -0.39 is 0 Å². The Hall–Kier alpha value is -2.30. The lowest BCUT2D eigenvalue weighted by Gasteiger charge is -2.14. The van der Waals surface area contributed by atoms with E-state index in [0.717, 1.165) is 12.1 Å². The fourth-order valence-electron chi connectivity index (χ4n) is 1.84. The minimum atomic E-state index is -0.368. The molecule has 0 amide bonds. The quantitative estimate of drug-likeness (QED) is 0.655. The zero-order valence-electron chi connectivity index (χ0n) is 10.1. The van der Waals surface area contributed by atoms with Gasteiger partial charge in [0.1, 0.15) is 11.4 Å². The molecule has 0 atom stereocenters. The molecular weight excluding hydrogens is 232 g/mol. The van der Waals surface area contributed by atoms with Crippen molar-refractivity contribution in [2.45, 2.75) is 12.8 Å². The normalized spacial score (nSPS) is 14.5. The van der Waals surface area contributed by atoms with Crippen LogP contribution < -0.4 is 10.1 Å². The SMILES string of the molecule is COc1ccccc1NC1=CCCC=C1[N+](=O)[O-]. The summed E-state index contributed by atoms with van der Waals surface area (Å²) >= 11 is 0. The molecule has 0 fully saturated rings. The Morgan fingerprint density at radius 2 is 2.00 bits per heavy atom. The Kier molecular flexibility index (Phi) is 3.62. The van der Waals surface area contributed by atoms with Gasteiger partial charge in [-0.05, 0) is 31.1 Å². The maximum Gasteiger partial charge on any atom is 0.288 e. The fraction of sp³-hybridized carbons (Fsp3) is 0.231. The van der Waals surface area contributed by atoms with Crippen LogP contribution >= 0.6 is 0 Å². The van der Waals surface area contributed by atoms with Crippen LogP contribution in [-0.4, -0.2) is 12.0 Å². The maximum absolute atomic E-state index is 10.9. The van der Waals surface area contributed by atoms with E-state index in [1.165, 1.54) is 0 Å². The van der Waals surface area contributed by atoms with E-state index in [1.807, 2.05) is 24.3 Å². The van der Waals surface area contributed by atoms with Gasteiger partial charge in [-0.3, -0.25) is 10.1 Å². The van der Waals surface area contributed by atoms with E-state index >= 15 is 0 Å². The highest BCUT2D eigenvalue weighted by Gasteiger charge is 2.20. The highest BCUT2D eigenvalue weighted by Crippen LogP contribution is 2.28. The molecule has 0 saturated heterocycles. The molecule has 5 heteroatoms. The molecule has 0 bridgehead atoms. The second-order valence-corrected chi connectivity index (χ2v) is 3.87. The van der Waals surface area contributed by atoms with Crippen molar-refractivity contribution >= 4 is 5.69 Å². The molecule has 0 unspecified atom stereocenters. The third kappa shape index (κ3) is 2.51. The molecule has 5 nitrogen and oxygen atoms in total. The van der Waals surface area contributed by atoms with Gasteiger partial charge in [-0.15, -0.1) is 0 Å². The van der Waals surface area contributed by atoms with Gasteiger partial charge in [0.25, 0.3) is 5.70 Å². The summed E-state index contributed by atoms with van der Waals surface area (Å²) in [5.74, 6) is 0.659. The number of para-hydroxylation sites is 2.